The Morgan fingerprint density at radius 1 is 0.853 bits per heavy atom. The third kappa shape index (κ3) is 5.79. The van der Waals surface area contributed by atoms with Gasteiger partial charge in [-0.15, -0.1) is 0 Å². The molecule has 13 heteroatoms. The van der Waals surface area contributed by atoms with Crippen LogP contribution in [0.5, 0.6) is 11.5 Å². The van der Waals surface area contributed by atoms with Gasteiger partial charge in [0, 0.05) is 18.2 Å². The Morgan fingerprint density at radius 2 is 1.53 bits per heavy atom. The molecular weight excluding hydrogens is 450 g/mol. The highest BCUT2D eigenvalue weighted by Crippen LogP contribution is 2.30. The second-order valence-corrected chi connectivity index (χ2v) is 6.71. The van der Waals surface area contributed by atoms with Gasteiger partial charge in [-0.3, -0.25) is 35.8 Å². The number of hydrazone groups is 1. The molecule has 0 heterocycles. The zero-order valence-corrected chi connectivity index (χ0v) is 17.6. The van der Waals surface area contributed by atoms with Gasteiger partial charge >= 0.3 is 5.69 Å². The molecule has 1 N–H and O–H groups in total. The lowest BCUT2D eigenvalue weighted by Gasteiger charge is -2.11. The molecule has 0 aliphatic carbocycles. The second-order valence-electron chi connectivity index (χ2n) is 6.71. The number of anilines is 1. The van der Waals surface area contributed by atoms with Crippen LogP contribution < -0.4 is 14.9 Å². The van der Waals surface area contributed by atoms with Gasteiger partial charge in [0.15, 0.2) is 11.5 Å². The molecule has 0 fully saturated rings. The molecule has 0 bridgehead atoms. The average Bonchev–Trinajstić information content (AvgIpc) is 2.83. The number of benzene rings is 3. The first-order valence-corrected chi connectivity index (χ1v) is 9.54. The van der Waals surface area contributed by atoms with Gasteiger partial charge in [0.25, 0.3) is 11.4 Å². The Labute approximate surface area is 191 Å². The number of hydrogen-bond donors (Lipinski definition) is 1. The molecule has 0 amide bonds. The molecule has 174 valence electrons. The van der Waals surface area contributed by atoms with Crippen LogP contribution in [-0.4, -0.2) is 28.1 Å². The summed E-state index contributed by atoms with van der Waals surface area (Å²) in [5.41, 5.74) is 2.89. The highest BCUT2D eigenvalue weighted by Gasteiger charge is 2.19. The van der Waals surface area contributed by atoms with Crippen molar-refractivity contribution in [3.05, 3.63) is 102 Å². The minimum absolute atomic E-state index is 0.0122. The summed E-state index contributed by atoms with van der Waals surface area (Å²) >= 11 is 0. The number of hydrogen-bond acceptors (Lipinski definition) is 10. The van der Waals surface area contributed by atoms with E-state index in [0.29, 0.717) is 17.1 Å². The zero-order valence-electron chi connectivity index (χ0n) is 17.6. The van der Waals surface area contributed by atoms with Crippen molar-refractivity contribution in [3.63, 3.8) is 0 Å². The number of methoxy groups -OCH3 is 1. The molecule has 13 nitrogen and oxygen atoms in total. The number of nitro benzene ring substituents is 3. The van der Waals surface area contributed by atoms with Gasteiger partial charge in [0.1, 0.15) is 12.3 Å². The number of nitro groups is 3. The highest BCUT2D eigenvalue weighted by molar-refractivity contribution is 5.82. The Kier molecular flexibility index (Phi) is 7.28. The van der Waals surface area contributed by atoms with Gasteiger partial charge in [-0.05, 0) is 47.5 Å². The van der Waals surface area contributed by atoms with Gasteiger partial charge < -0.3 is 9.47 Å². The van der Waals surface area contributed by atoms with Gasteiger partial charge in [-0.1, -0.05) is 0 Å². The van der Waals surface area contributed by atoms with Crippen LogP contribution in [-0.2, 0) is 6.61 Å². The third-order valence-corrected chi connectivity index (χ3v) is 4.52. The summed E-state index contributed by atoms with van der Waals surface area (Å²) in [5.74, 6) is 0.823. The van der Waals surface area contributed by atoms with Crippen molar-refractivity contribution in [2.75, 3.05) is 12.5 Å². The maximum atomic E-state index is 11.2. The Hall–Kier alpha value is -5.07. The lowest BCUT2D eigenvalue weighted by Crippen LogP contribution is -2.00. The van der Waals surface area contributed by atoms with E-state index in [0.717, 1.165) is 17.7 Å². The van der Waals surface area contributed by atoms with Crippen LogP contribution in [0, 0.1) is 30.3 Å². The van der Waals surface area contributed by atoms with Crippen molar-refractivity contribution in [2.45, 2.75) is 6.61 Å². The Balaban J connectivity index is 1.69. The van der Waals surface area contributed by atoms with E-state index in [-0.39, 0.29) is 18.0 Å². The average molecular weight is 467 g/mol. The maximum absolute atomic E-state index is 11.2. The van der Waals surface area contributed by atoms with Crippen molar-refractivity contribution < 1.29 is 24.2 Å². The van der Waals surface area contributed by atoms with E-state index in [4.69, 9.17) is 9.47 Å². The predicted octanol–water partition coefficient (Wildman–Crippen LogP) is 4.44. The normalized spacial score (nSPS) is 10.6. The fourth-order valence-corrected chi connectivity index (χ4v) is 2.81. The van der Waals surface area contributed by atoms with Crippen molar-refractivity contribution in [1.29, 1.82) is 0 Å². The number of non-ortho nitro benzene ring substituents is 2. The van der Waals surface area contributed by atoms with Gasteiger partial charge in [-0.25, -0.2) is 0 Å². The fraction of sp³-hybridized carbons (Fsp3) is 0.0952. The molecule has 0 atom stereocenters. The SMILES string of the molecule is COc1cc(/C=N\Nc2ccc([N+](=O)[O-])cc2[N+](=O)[O-])ccc1OCc1ccc([N+](=O)[O-])cc1. The molecule has 0 saturated carbocycles. The molecule has 0 aliphatic heterocycles. The number of nitrogens with zero attached hydrogens (tertiary/aromatic N) is 4. The molecule has 0 aromatic heterocycles. The van der Waals surface area contributed by atoms with Gasteiger partial charge in [-0.2, -0.15) is 5.10 Å². The van der Waals surface area contributed by atoms with Crippen LogP contribution in [0.25, 0.3) is 0 Å². The molecule has 0 saturated heterocycles. The molecule has 0 spiro atoms. The van der Waals surface area contributed by atoms with Crippen LogP contribution >= 0.6 is 0 Å². The van der Waals surface area contributed by atoms with Crippen LogP contribution in [0.1, 0.15) is 11.1 Å². The molecular formula is C21H17N5O8. The van der Waals surface area contributed by atoms with E-state index in [2.05, 4.69) is 10.5 Å². The molecule has 3 rings (SSSR count). The first-order chi connectivity index (χ1) is 16.3. The Bertz CT molecular complexity index is 1260. The standard InChI is InChI=1S/C21H17N5O8/c1-33-21-10-15(4-9-20(21)34-13-14-2-5-16(6-3-14)24(27)28)12-22-23-18-8-7-17(25(29)30)11-19(18)26(31)32/h2-12,23H,13H2,1H3/b22-12-. The molecule has 3 aromatic rings. The van der Waals surface area contributed by atoms with E-state index in [1.54, 1.807) is 30.3 Å². The molecule has 0 aliphatic rings. The van der Waals surface area contributed by atoms with E-state index < -0.39 is 26.1 Å². The Morgan fingerprint density at radius 3 is 2.15 bits per heavy atom. The summed E-state index contributed by atoms with van der Waals surface area (Å²) in [5, 5.41) is 36.7. The van der Waals surface area contributed by atoms with E-state index in [1.807, 2.05) is 0 Å². The topological polar surface area (TPSA) is 172 Å². The quantitative estimate of drug-likeness (QED) is 0.257. The minimum Gasteiger partial charge on any atom is -0.493 e. The van der Waals surface area contributed by atoms with Crippen LogP contribution in [0.2, 0.25) is 0 Å². The van der Waals surface area contributed by atoms with Crippen LogP contribution in [0.3, 0.4) is 0 Å². The van der Waals surface area contributed by atoms with Gasteiger partial charge in [0.2, 0.25) is 0 Å². The number of nitrogens with one attached hydrogen (secondary N) is 1. The minimum atomic E-state index is -0.745. The van der Waals surface area contributed by atoms with Crippen molar-refractivity contribution >= 4 is 29.0 Å². The molecule has 3 aromatic carbocycles. The monoisotopic (exact) mass is 467 g/mol. The number of rotatable bonds is 10. The lowest BCUT2D eigenvalue weighted by molar-refractivity contribution is -0.393. The lowest BCUT2D eigenvalue weighted by atomic mass is 10.2. The van der Waals surface area contributed by atoms with E-state index in [1.165, 1.54) is 31.5 Å². The first kappa shape index (κ1) is 23.6. The molecule has 0 unspecified atom stereocenters. The second kappa shape index (κ2) is 10.5. The van der Waals surface area contributed by atoms with Gasteiger partial charge in [0.05, 0.1) is 34.2 Å². The summed E-state index contributed by atoms with van der Waals surface area (Å²) in [6.45, 7) is 0.160. The third-order valence-electron chi connectivity index (χ3n) is 4.52. The summed E-state index contributed by atoms with van der Waals surface area (Å²) in [7, 11) is 1.45. The molecule has 0 radical (unpaired) electrons. The predicted molar refractivity (Wildman–Crippen MR) is 121 cm³/mol. The first-order valence-electron chi connectivity index (χ1n) is 9.54. The van der Waals surface area contributed by atoms with Crippen LogP contribution in [0.4, 0.5) is 22.7 Å². The number of ether oxygens (including phenoxy) is 2. The van der Waals surface area contributed by atoms with Crippen LogP contribution in [0.15, 0.2) is 65.8 Å². The summed E-state index contributed by atoms with van der Waals surface area (Å²) < 4.78 is 11.1. The van der Waals surface area contributed by atoms with E-state index >= 15 is 0 Å². The zero-order chi connectivity index (χ0) is 24.7. The highest BCUT2D eigenvalue weighted by atomic mass is 16.6. The van der Waals surface area contributed by atoms with Crippen molar-refractivity contribution in [3.8, 4) is 11.5 Å². The fourth-order valence-electron chi connectivity index (χ4n) is 2.81. The van der Waals surface area contributed by atoms with Crippen molar-refractivity contribution in [1.82, 2.24) is 0 Å². The maximum Gasteiger partial charge on any atom is 0.301 e. The largest absolute Gasteiger partial charge is 0.493 e. The van der Waals surface area contributed by atoms with Crippen molar-refractivity contribution in [2.24, 2.45) is 5.10 Å². The summed E-state index contributed by atoms with van der Waals surface area (Å²) in [6.07, 6.45) is 1.38. The summed E-state index contributed by atoms with van der Waals surface area (Å²) in [6, 6.07) is 14.1. The summed E-state index contributed by atoms with van der Waals surface area (Å²) in [4.78, 5) is 30.8. The smallest absolute Gasteiger partial charge is 0.301 e. The van der Waals surface area contributed by atoms with E-state index in [9.17, 15) is 30.3 Å². The molecule has 34 heavy (non-hydrogen) atoms.